The molecule has 1 fully saturated rings. The number of benzene rings is 2. The van der Waals surface area contributed by atoms with E-state index in [-0.39, 0.29) is 23.5 Å². The van der Waals surface area contributed by atoms with Crippen LogP contribution < -0.4 is 9.62 Å². The van der Waals surface area contributed by atoms with E-state index < -0.39 is 10.0 Å². The summed E-state index contributed by atoms with van der Waals surface area (Å²) < 4.78 is 32.3. The summed E-state index contributed by atoms with van der Waals surface area (Å²) in [5.74, 6) is -0.0811. The molecule has 1 amide bonds. The zero-order valence-corrected chi connectivity index (χ0v) is 17.6. The van der Waals surface area contributed by atoms with Crippen molar-refractivity contribution in [1.82, 2.24) is 9.62 Å². The Kier molecular flexibility index (Phi) is 6.89. The van der Waals surface area contributed by atoms with Crippen molar-refractivity contribution < 1.29 is 17.9 Å². The number of anilines is 1. The molecule has 1 heterocycles. The van der Waals surface area contributed by atoms with Crippen LogP contribution in [0.2, 0.25) is 0 Å². The molecule has 8 heteroatoms. The molecular weight excluding hydrogens is 390 g/mol. The van der Waals surface area contributed by atoms with E-state index in [4.69, 9.17) is 4.74 Å². The lowest BCUT2D eigenvalue weighted by molar-refractivity contribution is 0.0746. The zero-order valence-electron chi connectivity index (χ0n) is 16.7. The largest absolute Gasteiger partial charge is 0.383 e. The first-order valence-electron chi connectivity index (χ1n) is 9.61. The summed E-state index contributed by atoms with van der Waals surface area (Å²) >= 11 is 0. The first kappa shape index (κ1) is 21.3. The third-order valence-corrected chi connectivity index (χ3v) is 6.48. The van der Waals surface area contributed by atoms with Crippen LogP contribution in [-0.4, -0.2) is 65.2 Å². The first-order valence-corrected chi connectivity index (χ1v) is 11.1. The Hall–Kier alpha value is -2.42. The van der Waals surface area contributed by atoms with Gasteiger partial charge in [0.25, 0.3) is 5.91 Å². The molecule has 2 aromatic rings. The van der Waals surface area contributed by atoms with Gasteiger partial charge in [0.1, 0.15) is 0 Å². The van der Waals surface area contributed by atoms with Crippen LogP contribution >= 0.6 is 0 Å². The maximum absolute atomic E-state index is 12.8. The third kappa shape index (κ3) is 5.35. The third-order valence-electron chi connectivity index (χ3n) is 4.87. The fourth-order valence-corrected chi connectivity index (χ4v) is 4.61. The van der Waals surface area contributed by atoms with E-state index in [1.165, 1.54) is 19.2 Å². The quantitative estimate of drug-likeness (QED) is 0.745. The van der Waals surface area contributed by atoms with E-state index in [2.05, 4.69) is 21.8 Å². The Morgan fingerprint density at radius 1 is 1.03 bits per heavy atom. The fourth-order valence-electron chi connectivity index (χ4n) is 3.38. The highest BCUT2D eigenvalue weighted by Gasteiger charge is 2.23. The Morgan fingerprint density at radius 3 is 2.24 bits per heavy atom. The molecular formula is C21H27N3O4S. The van der Waals surface area contributed by atoms with Gasteiger partial charge in [0.15, 0.2) is 0 Å². The lowest BCUT2D eigenvalue weighted by Crippen LogP contribution is -2.48. The number of ether oxygens (including phenoxy) is 1. The van der Waals surface area contributed by atoms with Crippen LogP contribution in [0, 0.1) is 0 Å². The van der Waals surface area contributed by atoms with Crippen molar-refractivity contribution in [2.24, 2.45) is 0 Å². The number of sulfonamides is 1. The highest BCUT2D eigenvalue weighted by atomic mass is 32.2. The topological polar surface area (TPSA) is 78.9 Å². The summed E-state index contributed by atoms with van der Waals surface area (Å²) in [6, 6.07) is 15.9. The van der Waals surface area contributed by atoms with Crippen LogP contribution in [0.5, 0.6) is 0 Å². The summed E-state index contributed by atoms with van der Waals surface area (Å²) in [7, 11) is -2.13. The molecule has 1 aliphatic heterocycles. The summed E-state index contributed by atoms with van der Waals surface area (Å²) in [6.45, 7) is 4.81. The molecule has 156 valence electrons. The summed E-state index contributed by atoms with van der Waals surface area (Å²) in [6.07, 6.45) is 0. The van der Waals surface area contributed by atoms with Crippen LogP contribution in [-0.2, 0) is 14.8 Å². The number of methoxy groups -OCH3 is 1. The second kappa shape index (κ2) is 9.39. The second-order valence-corrected chi connectivity index (χ2v) is 8.83. The number of hydrogen-bond donors (Lipinski definition) is 1. The van der Waals surface area contributed by atoms with Crippen LogP contribution in [0.4, 0.5) is 5.69 Å². The van der Waals surface area contributed by atoms with E-state index >= 15 is 0 Å². The average molecular weight is 418 g/mol. The van der Waals surface area contributed by atoms with Crippen molar-refractivity contribution in [3.05, 3.63) is 60.2 Å². The Balaban J connectivity index is 1.61. The first-order chi connectivity index (χ1) is 13.9. The summed E-state index contributed by atoms with van der Waals surface area (Å²) in [5, 5.41) is 0. The maximum atomic E-state index is 12.8. The zero-order chi connectivity index (χ0) is 20.9. The van der Waals surface area contributed by atoms with Gasteiger partial charge < -0.3 is 14.5 Å². The Morgan fingerprint density at radius 2 is 1.66 bits per heavy atom. The average Bonchev–Trinajstić information content (AvgIpc) is 2.74. The van der Waals surface area contributed by atoms with E-state index in [1.807, 2.05) is 23.1 Å². The molecule has 7 nitrogen and oxygen atoms in total. The number of carbonyl (C=O) groups is 1. The predicted octanol–water partition coefficient (Wildman–Crippen LogP) is 1.96. The monoisotopic (exact) mass is 417 g/mol. The van der Waals surface area contributed by atoms with Gasteiger partial charge in [-0.3, -0.25) is 4.79 Å². The molecule has 0 aliphatic carbocycles. The minimum Gasteiger partial charge on any atom is -0.383 e. The SMILES string of the molecule is COC[C@H](C)NS(=O)(=O)c1ccc(C(=O)N2CCN(c3ccccc3)CC2)cc1. The number of hydrogen-bond acceptors (Lipinski definition) is 5. The van der Waals surface area contributed by atoms with Crippen molar-refractivity contribution in [2.75, 3.05) is 44.8 Å². The second-order valence-electron chi connectivity index (χ2n) is 7.12. The molecule has 1 saturated heterocycles. The van der Waals surface area contributed by atoms with Gasteiger partial charge in [0.2, 0.25) is 10.0 Å². The number of amides is 1. The smallest absolute Gasteiger partial charge is 0.253 e. The molecule has 0 spiro atoms. The Bertz CT molecular complexity index is 909. The number of nitrogens with one attached hydrogen (secondary N) is 1. The molecule has 1 aliphatic rings. The number of carbonyl (C=O) groups excluding carboxylic acids is 1. The van der Waals surface area contributed by atoms with Crippen molar-refractivity contribution in [1.29, 1.82) is 0 Å². The summed E-state index contributed by atoms with van der Waals surface area (Å²) in [5.41, 5.74) is 1.64. The van der Waals surface area contributed by atoms with Crippen LogP contribution in [0.15, 0.2) is 59.5 Å². The van der Waals surface area contributed by atoms with Crippen molar-refractivity contribution >= 4 is 21.6 Å². The van der Waals surface area contributed by atoms with Gasteiger partial charge in [-0.05, 0) is 43.3 Å². The van der Waals surface area contributed by atoms with Gasteiger partial charge >= 0.3 is 0 Å². The minimum atomic E-state index is -3.65. The number of para-hydroxylation sites is 1. The van der Waals surface area contributed by atoms with Crippen LogP contribution in [0.25, 0.3) is 0 Å². The molecule has 0 unspecified atom stereocenters. The van der Waals surface area contributed by atoms with Gasteiger partial charge in [-0.1, -0.05) is 18.2 Å². The molecule has 0 saturated carbocycles. The molecule has 2 aromatic carbocycles. The Labute approximate surface area is 172 Å². The van der Waals surface area contributed by atoms with Gasteiger partial charge in [-0.2, -0.15) is 0 Å². The molecule has 0 bridgehead atoms. The molecule has 0 radical (unpaired) electrons. The van der Waals surface area contributed by atoms with E-state index in [0.29, 0.717) is 18.7 Å². The van der Waals surface area contributed by atoms with E-state index in [9.17, 15) is 13.2 Å². The van der Waals surface area contributed by atoms with E-state index in [1.54, 1.807) is 19.1 Å². The van der Waals surface area contributed by atoms with Crippen molar-refractivity contribution in [2.45, 2.75) is 17.9 Å². The van der Waals surface area contributed by atoms with Crippen LogP contribution in [0.3, 0.4) is 0 Å². The standard InChI is InChI=1S/C21H27N3O4S/c1-17(16-28-2)22-29(26,27)20-10-8-18(9-11-20)21(25)24-14-12-23(13-15-24)19-6-4-3-5-7-19/h3-11,17,22H,12-16H2,1-2H3/t17-/m0/s1. The van der Waals surface area contributed by atoms with Gasteiger partial charge in [0.05, 0.1) is 11.5 Å². The van der Waals surface area contributed by atoms with Gasteiger partial charge in [-0.25, -0.2) is 13.1 Å². The number of rotatable bonds is 7. The normalized spacial score (nSPS) is 15.9. The maximum Gasteiger partial charge on any atom is 0.253 e. The van der Waals surface area contributed by atoms with Crippen molar-refractivity contribution in [3.63, 3.8) is 0 Å². The predicted molar refractivity (Wildman–Crippen MR) is 113 cm³/mol. The number of nitrogens with zero attached hydrogens (tertiary/aromatic N) is 2. The molecule has 1 N–H and O–H groups in total. The minimum absolute atomic E-state index is 0.0811. The molecule has 0 aromatic heterocycles. The molecule has 29 heavy (non-hydrogen) atoms. The highest BCUT2D eigenvalue weighted by molar-refractivity contribution is 7.89. The lowest BCUT2D eigenvalue weighted by Gasteiger charge is -2.36. The van der Waals surface area contributed by atoms with Crippen LogP contribution in [0.1, 0.15) is 17.3 Å². The molecule has 3 rings (SSSR count). The molecule has 1 atom stereocenters. The van der Waals surface area contributed by atoms with Crippen molar-refractivity contribution in [3.8, 4) is 0 Å². The number of piperazine rings is 1. The van der Waals surface area contributed by atoms with Gasteiger partial charge in [-0.15, -0.1) is 0 Å². The summed E-state index contributed by atoms with van der Waals surface area (Å²) in [4.78, 5) is 17.0. The van der Waals surface area contributed by atoms with E-state index in [0.717, 1.165) is 18.8 Å². The fraction of sp³-hybridized carbons (Fsp3) is 0.381. The highest BCUT2D eigenvalue weighted by Crippen LogP contribution is 2.18. The lowest BCUT2D eigenvalue weighted by atomic mass is 10.1. The van der Waals surface area contributed by atoms with Gasteiger partial charge in [0, 0.05) is 50.6 Å².